The molecular formula is C14H14N3O7P. The van der Waals surface area contributed by atoms with Gasteiger partial charge in [-0.1, -0.05) is 12.1 Å². The van der Waals surface area contributed by atoms with Gasteiger partial charge < -0.3 is 15.2 Å². The summed E-state index contributed by atoms with van der Waals surface area (Å²) in [5, 5.41) is 21.9. The molecule has 10 nitrogen and oxygen atoms in total. The Kier molecular flexibility index (Phi) is 5.17. The molecular weight excluding hydrogens is 353 g/mol. The molecule has 0 aliphatic carbocycles. The Morgan fingerprint density at radius 2 is 1.84 bits per heavy atom. The fraction of sp³-hybridized carbons (Fsp3) is 0.143. The largest absolute Gasteiger partial charge is 0.397 e. The molecule has 2 rings (SSSR count). The van der Waals surface area contributed by atoms with E-state index in [1.807, 2.05) is 0 Å². The molecule has 1 unspecified atom stereocenters. The van der Waals surface area contributed by atoms with Crippen molar-refractivity contribution >= 4 is 30.0 Å². The molecule has 0 bridgehead atoms. The van der Waals surface area contributed by atoms with Gasteiger partial charge in [0.15, 0.2) is 0 Å². The number of hydrogen-bond donors (Lipinski definition) is 2. The fourth-order valence-corrected chi connectivity index (χ4v) is 3.48. The van der Waals surface area contributed by atoms with Crippen molar-refractivity contribution in [3.63, 3.8) is 0 Å². The number of nitrogens with zero attached hydrogens (tertiary/aromatic N) is 2. The normalized spacial score (nSPS) is 13.2. The van der Waals surface area contributed by atoms with Crippen molar-refractivity contribution in [2.45, 2.75) is 6.92 Å². The molecule has 0 fully saturated rings. The second kappa shape index (κ2) is 6.98. The summed E-state index contributed by atoms with van der Waals surface area (Å²) in [5.41, 5.74) is 4.87. The SMILES string of the molecule is CCOP(=O)(O)c1cccc(-c2ccc([N+](=O)[O-])cc2[N+](=O)[O-])c1N. The molecule has 11 heteroatoms. The van der Waals surface area contributed by atoms with Crippen molar-refractivity contribution in [1.82, 2.24) is 0 Å². The number of non-ortho nitro benzene ring substituents is 1. The predicted octanol–water partition coefficient (Wildman–Crippen LogP) is 2.60. The van der Waals surface area contributed by atoms with Crippen LogP contribution in [0.5, 0.6) is 0 Å². The molecule has 132 valence electrons. The zero-order valence-corrected chi connectivity index (χ0v) is 13.9. The topological polar surface area (TPSA) is 159 Å². The Balaban J connectivity index is 2.70. The van der Waals surface area contributed by atoms with Crippen molar-refractivity contribution in [2.75, 3.05) is 12.3 Å². The van der Waals surface area contributed by atoms with E-state index in [4.69, 9.17) is 10.3 Å². The molecule has 0 aromatic heterocycles. The van der Waals surface area contributed by atoms with E-state index in [1.165, 1.54) is 31.2 Å². The summed E-state index contributed by atoms with van der Waals surface area (Å²) in [4.78, 5) is 30.5. The monoisotopic (exact) mass is 367 g/mol. The van der Waals surface area contributed by atoms with Gasteiger partial charge in [0.05, 0.1) is 39.1 Å². The van der Waals surface area contributed by atoms with Gasteiger partial charge in [-0.05, 0) is 19.1 Å². The van der Waals surface area contributed by atoms with Gasteiger partial charge in [0, 0.05) is 11.6 Å². The van der Waals surface area contributed by atoms with Crippen molar-refractivity contribution in [2.24, 2.45) is 0 Å². The lowest BCUT2D eigenvalue weighted by Crippen LogP contribution is -2.14. The molecule has 0 radical (unpaired) electrons. The zero-order valence-electron chi connectivity index (χ0n) is 13.0. The number of benzene rings is 2. The first kappa shape index (κ1) is 18.5. The predicted molar refractivity (Wildman–Crippen MR) is 90.7 cm³/mol. The number of nitrogens with two attached hydrogens (primary N) is 1. The number of nitro groups is 2. The summed E-state index contributed by atoms with van der Waals surface area (Å²) in [6.07, 6.45) is 0. The van der Waals surface area contributed by atoms with E-state index in [0.717, 1.165) is 12.1 Å². The van der Waals surface area contributed by atoms with Crippen LogP contribution in [-0.2, 0) is 9.09 Å². The van der Waals surface area contributed by atoms with Crippen LogP contribution in [-0.4, -0.2) is 21.3 Å². The van der Waals surface area contributed by atoms with Gasteiger partial charge >= 0.3 is 7.60 Å². The second-order valence-corrected chi connectivity index (χ2v) is 6.67. The number of nitro benzene ring substituents is 2. The van der Waals surface area contributed by atoms with Crippen LogP contribution in [0, 0.1) is 20.2 Å². The average Bonchev–Trinajstić information content (AvgIpc) is 2.54. The van der Waals surface area contributed by atoms with Crippen LogP contribution in [0.25, 0.3) is 11.1 Å². The molecule has 1 atom stereocenters. The van der Waals surface area contributed by atoms with Crippen molar-refractivity contribution in [3.05, 3.63) is 56.6 Å². The highest BCUT2D eigenvalue weighted by molar-refractivity contribution is 7.61. The van der Waals surface area contributed by atoms with Gasteiger partial charge in [-0.15, -0.1) is 0 Å². The average molecular weight is 367 g/mol. The molecule has 0 heterocycles. The summed E-state index contributed by atoms with van der Waals surface area (Å²) in [6.45, 7) is 1.50. The fourth-order valence-electron chi connectivity index (χ4n) is 2.29. The third kappa shape index (κ3) is 3.66. The molecule has 0 saturated heterocycles. The van der Waals surface area contributed by atoms with Crippen LogP contribution in [0.2, 0.25) is 0 Å². The van der Waals surface area contributed by atoms with Crippen LogP contribution in [0.4, 0.5) is 17.1 Å². The summed E-state index contributed by atoms with van der Waals surface area (Å²) < 4.78 is 17.0. The Labute approximate surface area is 141 Å². The maximum atomic E-state index is 12.2. The number of hydrogen-bond acceptors (Lipinski definition) is 7. The molecule has 0 aliphatic rings. The van der Waals surface area contributed by atoms with Crippen molar-refractivity contribution in [3.8, 4) is 11.1 Å². The van der Waals surface area contributed by atoms with E-state index < -0.39 is 28.8 Å². The third-order valence-electron chi connectivity index (χ3n) is 3.37. The standard InChI is InChI=1S/C14H14N3O7P/c1-2-24-25(22,23)13-5-3-4-11(14(13)15)10-7-6-9(16(18)19)8-12(10)17(20)21/h3-8H,2,15H2,1H3,(H,22,23). The van der Waals surface area contributed by atoms with E-state index in [1.54, 1.807) is 0 Å². The van der Waals surface area contributed by atoms with Crippen LogP contribution in [0.15, 0.2) is 36.4 Å². The quantitative estimate of drug-likeness (QED) is 0.341. The highest BCUT2D eigenvalue weighted by atomic mass is 31.2. The van der Waals surface area contributed by atoms with E-state index >= 15 is 0 Å². The summed E-state index contributed by atoms with van der Waals surface area (Å²) in [5.74, 6) is 0. The van der Waals surface area contributed by atoms with E-state index in [-0.39, 0.29) is 28.7 Å². The lowest BCUT2D eigenvalue weighted by molar-refractivity contribution is -0.393. The first-order valence-electron chi connectivity index (χ1n) is 6.98. The Morgan fingerprint density at radius 3 is 2.40 bits per heavy atom. The van der Waals surface area contributed by atoms with Gasteiger partial charge in [-0.2, -0.15) is 0 Å². The number of nitrogen functional groups attached to an aromatic ring is 1. The van der Waals surface area contributed by atoms with Crippen LogP contribution in [0.1, 0.15) is 6.92 Å². The Bertz CT molecular complexity index is 900. The molecule has 25 heavy (non-hydrogen) atoms. The minimum Gasteiger partial charge on any atom is -0.397 e. The van der Waals surface area contributed by atoms with Gasteiger partial charge in [0.2, 0.25) is 0 Å². The van der Waals surface area contributed by atoms with Gasteiger partial charge in [0.25, 0.3) is 11.4 Å². The Morgan fingerprint density at radius 1 is 1.16 bits per heavy atom. The van der Waals surface area contributed by atoms with Gasteiger partial charge in [-0.25, -0.2) is 0 Å². The first-order chi connectivity index (χ1) is 11.7. The third-order valence-corrected chi connectivity index (χ3v) is 4.98. The summed E-state index contributed by atoms with van der Waals surface area (Å²) in [6, 6.07) is 7.17. The van der Waals surface area contributed by atoms with Crippen LogP contribution < -0.4 is 11.0 Å². The van der Waals surface area contributed by atoms with Crippen LogP contribution >= 0.6 is 7.60 Å². The molecule has 2 aromatic carbocycles. The minimum atomic E-state index is -4.20. The highest BCUT2D eigenvalue weighted by Crippen LogP contribution is 2.45. The Hall–Kier alpha value is -2.81. The first-order valence-corrected chi connectivity index (χ1v) is 8.56. The lowest BCUT2D eigenvalue weighted by Gasteiger charge is -2.15. The minimum absolute atomic E-state index is 0.00792. The van der Waals surface area contributed by atoms with Gasteiger partial charge in [0.1, 0.15) is 0 Å². The number of para-hydroxylation sites is 1. The second-order valence-electron chi connectivity index (χ2n) is 4.89. The maximum Gasteiger partial charge on any atom is 0.360 e. The summed E-state index contributed by atoms with van der Waals surface area (Å²) in [7, 11) is -4.20. The lowest BCUT2D eigenvalue weighted by atomic mass is 10.0. The number of anilines is 1. The molecule has 0 saturated carbocycles. The van der Waals surface area contributed by atoms with Crippen LogP contribution in [0.3, 0.4) is 0 Å². The molecule has 0 aliphatic heterocycles. The molecule has 2 aromatic rings. The van der Waals surface area contributed by atoms with E-state index in [9.17, 15) is 29.7 Å². The molecule has 3 N–H and O–H groups in total. The summed E-state index contributed by atoms with van der Waals surface area (Å²) >= 11 is 0. The van der Waals surface area contributed by atoms with E-state index in [0.29, 0.717) is 0 Å². The van der Waals surface area contributed by atoms with E-state index in [2.05, 4.69) is 0 Å². The van der Waals surface area contributed by atoms with Gasteiger partial charge in [-0.3, -0.25) is 24.8 Å². The number of rotatable bonds is 6. The smallest absolute Gasteiger partial charge is 0.360 e. The maximum absolute atomic E-state index is 12.2. The zero-order chi connectivity index (χ0) is 18.8. The van der Waals surface area contributed by atoms with Crippen molar-refractivity contribution in [1.29, 1.82) is 0 Å². The highest BCUT2D eigenvalue weighted by Gasteiger charge is 2.28. The molecule has 0 spiro atoms. The molecule has 0 amide bonds. The van der Waals surface area contributed by atoms with Crippen molar-refractivity contribution < 1.29 is 23.8 Å².